The molecule has 126 valence electrons. The van der Waals surface area contributed by atoms with Gasteiger partial charge < -0.3 is 13.6 Å². The number of furan rings is 1. The minimum atomic E-state index is -0.530. The molecule has 1 aromatic carbocycles. The van der Waals surface area contributed by atoms with Crippen LogP contribution in [0.4, 0.5) is 0 Å². The molecule has 0 aliphatic rings. The lowest BCUT2D eigenvalue weighted by molar-refractivity contribution is 0.0433. The number of hydrogen-bond acceptors (Lipinski definition) is 4. The number of esters is 1. The Morgan fingerprint density at radius 3 is 2.88 bits per heavy atom. The zero-order chi connectivity index (χ0) is 17.6. The fraction of sp³-hybridized carbons (Fsp3) is 0.158. The number of imidazole rings is 1. The van der Waals surface area contributed by atoms with E-state index in [1.165, 1.54) is 0 Å². The minimum Gasteiger partial charge on any atom is -0.453 e. The average molecular weight is 355 g/mol. The van der Waals surface area contributed by atoms with Crippen LogP contribution in [0.25, 0.3) is 16.6 Å². The van der Waals surface area contributed by atoms with Crippen LogP contribution in [0, 0.1) is 13.8 Å². The van der Waals surface area contributed by atoms with Crippen LogP contribution in [0.2, 0.25) is 5.02 Å². The number of carbonyl (C=O) groups is 1. The number of benzene rings is 1. The summed E-state index contributed by atoms with van der Waals surface area (Å²) < 4.78 is 12.9. The van der Waals surface area contributed by atoms with E-state index in [0.29, 0.717) is 21.9 Å². The van der Waals surface area contributed by atoms with Gasteiger partial charge >= 0.3 is 5.97 Å². The van der Waals surface area contributed by atoms with Crippen LogP contribution in [0.5, 0.6) is 0 Å². The third-order valence-corrected chi connectivity index (χ3v) is 4.40. The van der Waals surface area contributed by atoms with E-state index in [-0.39, 0.29) is 12.4 Å². The maximum Gasteiger partial charge on any atom is 0.374 e. The molecule has 3 aromatic heterocycles. The van der Waals surface area contributed by atoms with E-state index in [2.05, 4.69) is 4.98 Å². The lowest BCUT2D eigenvalue weighted by atomic mass is 10.1. The molecule has 0 fully saturated rings. The summed E-state index contributed by atoms with van der Waals surface area (Å²) in [4.78, 5) is 16.8. The summed E-state index contributed by atoms with van der Waals surface area (Å²) in [5.74, 6) is -0.360. The Morgan fingerprint density at radius 1 is 1.24 bits per heavy atom. The van der Waals surface area contributed by atoms with Crippen molar-refractivity contribution >= 4 is 34.2 Å². The topological polar surface area (TPSA) is 56.7 Å². The van der Waals surface area contributed by atoms with E-state index in [9.17, 15) is 4.79 Å². The fourth-order valence-electron chi connectivity index (χ4n) is 2.83. The van der Waals surface area contributed by atoms with Crippen LogP contribution in [0.3, 0.4) is 0 Å². The van der Waals surface area contributed by atoms with Crippen molar-refractivity contribution in [1.29, 1.82) is 0 Å². The molecule has 4 aromatic rings. The summed E-state index contributed by atoms with van der Waals surface area (Å²) in [7, 11) is 0. The van der Waals surface area contributed by atoms with Crippen molar-refractivity contribution in [3.05, 3.63) is 70.3 Å². The molecule has 4 rings (SSSR count). The predicted molar refractivity (Wildman–Crippen MR) is 95.0 cm³/mol. The number of ether oxygens (including phenoxy) is 1. The molecule has 3 heterocycles. The smallest absolute Gasteiger partial charge is 0.374 e. The quantitative estimate of drug-likeness (QED) is 0.500. The van der Waals surface area contributed by atoms with E-state index < -0.39 is 5.97 Å². The van der Waals surface area contributed by atoms with Gasteiger partial charge in [0.1, 0.15) is 12.3 Å². The number of rotatable bonds is 3. The zero-order valence-corrected chi connectivity index (χ0v) is 14.5. The maximum absolute atomic E-state index is 12.4. The van der Waals surface area contributed by atoms with Crippen LogP contribution >= 0.6 is 11.6 Å². The van der Waals surface area contributed by atoms with Gasteiger partial charge in [0, 0.05) is 23.3 Å². The second-order valence-corrected chi connectivity index (χ2v) is 6.36. The van der Waals surface area contributed by atoms with Gasteiger partial charge in [0.2, 0.25) is 5.76 Å². The molecule has 5 nitrogen and oxygen atoms in total. The molecule has 25 heavy (non-hydrogen) atoms. The van der Waals surface area contributed by atoms with Gasteiger partial charge in [-0.3, -0.25) is 0 Å². The number of fused-ring (bicyclic) bond motifs is 2. The molecule has 0 atom stereocenters. The van der Waals surface area contributed by atoms with Gasteiger partial charge in [-0.05, 0) is 31.5 Å². The Kier molecular flexibility index (Phi) is 3.73. The second-order valence-electron chi connectivity index (χ2n) is 5.95. The molecule has 0 unspecified atom stereocenters. The summed E-state index contributed by atoms with van der Waals surface area (Å²) in [6.45, 7) is 3.89. The van der Waals surface area contributed by atoms with E-state index in [0.717, 1.165) is 16.6 Å². The average Bonchev–Trinajstić information content (AvgIpc) is 3.14. The summed E-state index contributed by atoms with van der Waals surface area (Å²) in [6.07, 6.45) is 3.82. The molecule has 0 radical (unpaired) electrons. The van der Waals surface area contributed by atoms with Gasteiger partial charge in [-0.25, -0.2) is 9.78 Å². The van der Waals surface area contributed by atoms with Crippen LogP contribution < -0.4 is 0 Å². The molecule has 0 saturated carbocycles. The van der Waals surface area contributed by atoms with E-state index in [1.807, 2.05) is 54.9 Å². The number of aryl methyl sites for hydroxylation is 2. The monoisotopic (exact) mass is 354 g/mol. The molecule has 0 N–H and O–H groups in total. The fourth-order valence-corrected chi connectivity index (χ4v) is 3.05. The highest BCUT2D eigenvalue weighted by Gasteiger charge is 2.20. The lowest BCUT2D eigenvalue weighted by Gasteiger charge is -2.00. The largest absolute Gasteiger partial charge is 0.453 e. The van der Waals surface area contributed by atoms with Crippen LogP contribution in [-0.2, 0) is 11.3 Å². The molecular weight excluding hydrogens is 340 g/mol. The summed E-state index contributed by atoms with van der Waals surface area (Å²) in [5.41, 5.74) is 3.82. The first-order valence-electron chi connectivity index (χ1n) is 7.82. The number of para-hydroxylation sites is 1. The zero-order valence-electron chi connectivity index (χ0n) is 13.7. The van der Waals surface area contributed by atoms with Crippen LogP contribution in [0.1, 0.15) is 27.4 Å². The molecule has 0 aliphatic carbocycles. The number of carbonyl (C=O) groups excluding carboxylic acids is 1. The SMILES string of the molecule is Cc1ccc2nc(COC(=O)c3oc4c(Cl)cccc4c3C)cn2c1. The molecule has 6 heteroatoms. The molecule has 0 saturated heterocycles. The third-order valence-electron chi connectivity index (χ3n) is 4.10. The third kappa shape index (κ3) is 2.76. The number of hydrogen-bond donors (Lipinski definition) is 0. The Labute approximate surface area is 148 Å². The Hall–Kier alpha value is -2.79. The highest BCUT2D eigenvalue weighted by Crippen LogP contribution is 2.31. The van der Waals surface area contributed by atoms with Gasteiger partial charge in [-0.15, -0.1) is 0 Å². The Bertz CT molecular complexity index is 1110. The molecule has 0 amide bonds. The standard InChI is InChI=1S/C19H15ClN2O3/c1-11-6-7-16-21-13(9-22(16)8-11)10-24-19(23)17-12(2)14-4-3-5-15(20)18(14)25-17/h3-9H,10H2,1-2H3. The van der Waals surface area contributed by atoms with Gasteiger partial charge in [0.15, 0.2) is 5.58 Å². The Morgan fingerprint density at radius 2 is 2.08 bits per heavy atom. The van der Waals surface area contributed by atoms with Gasteiger partial charge in [-0.2, -0.15) is 0 Å². The normalized spacial score (nSPS) is 11.3. The van der Waals surface area contributed by atoms with Crippen molar-refractivity contribution in [3.63, 3.8) is 0 Å². The van der Waals surface area contributed by atoms with E-state index >= 15 is 0 Å². The highest BCUT2D eigenvalue weighted by molar-refractivity contribution is 6.35. The summed E-state index contributed by atoms with van der Waals surface area (Å²) in [5, 5.41) is 1.28. The van der Waals surface area contributed by atoms with Crippen molar-refractivity contribution in [2.75, 3.05) is 0 Å². The number of halogens is 1. The number of aromatic nitrogens is 2. The van der Waals surface area contributed by atoms with Crippen molar-refractivity contribution in [2.45, 2.75) is 20.5 Å². The van der Waals surface area contributed by atoms with Crippen molar-refractivity contribution in [1.82, 2.24) is 9.38 Å². The first-order valence-corrected chi connectivity index (χ1v) is 8.19. The van der Waals surface area contributed by atoms with Crippen molar-refractivity contribution in [2.24, 2.45) is 0 Å². The van der Waals surface area contributed by atoms with Crippen LogP contribution in [0.15, 0.2) is 47.1 Å². The van der Waals surface area contributed by atoms with Gasteiger partial charge in [-0.1, -0.05) is 29.8 Å². The molecular formula is C19H15ClN2O3. The number of pyridine rings is 1. The van der Waals surface area contributed by atoms with Crippen molar-refractivity contribution < 1.29 is 13.9 Å². The molecule has 0 bridgehead atoms. The van der Waals surface area contributed by atoms with Gasteiger partial charge in [0.25, 0.3) is 0 Å². The molecule has 0 spiro atoms. The van der Waals surface area contributed by atoms with Crippen molar-refractivity contribution in [3.8, 4) is 0 Å². The van der Waals surface area contributed by atoms with Gasteiger partial charge in [0.05, 0.1) is 10.7 Å². The number of nitrogens with zero attached hydrogens (tertiary/aromatic N) is 2. The maximum atomic E-state index is 12.4. The second kappa shape index (κ2) is 5.93. The highest BCUT2D eigenvalue weighted by atomic mass is 35.5. The predicted octanol–water partition coefficient (Wildman–Crippen LogP) is 4.71. The summed E-state index contributed by atoms with van der Waals surface area (Å²) >= 11 is 6.12. The minimum absolute atomic E-state index is 0.0732. The van der Waals surface area contributed by atoms with E-state index in [4.69, 9.17) is 20.8 Å². The first-order chi connectivity index (χ1) is 12.0. The summed E-state index contributed by atoms with van der Waals surface area (Å²) in [6, 6.07) is 9.31. The van der Waals surface area contributed by atoms with E-state index in [1.54, 1.807) is 6.07 Å². The Balaban J connectivity index is 1.57. The van der Waals surface area contributed by atoms with Crippen LogP contribution in [-0.4, -0.2) is 15.4 Å². The first kappa shape index (κ1) is 15.7. The molecule has 0 aliphatic heterocycles. The lowest BCUT2D eigenvalue weighted by Crippen LogP contribution is -2.05.